The summed E-state index contributed by atoms with van der Waals surface area (Å²) in [7, 11) is 0. The minimum atomic E-state index is -0.533. The van der Waals surface area contributed by atoms with Gasteiger partial charge in [0, 0.05) is 28.7 Å². The number of thiazole rings is 1. The molecule has 0 saturated carbocycles. The van der Waals surface area contributed by atoms with E-state index in [1.807, 2.05) is 6.92 Å². The van der Waals surface area contributed by atoms with Crippen molar-refractivity contribution in [2.75, 3.05) is 5.32 Å². The van der Waals surface area contributed by atoms with Crippen molar-refractivity contribution in [2.45, 2.75) is 52.1 Å². The molecule has 0 aliphatic heterocycles. The molecule has 0 atom stereocenters. The SMILES string of the molecule is CCCC(=O)Nc1cccc(C(=O)OCc2cc(=O)n3c4c(sc3n2)CCCC4)c1. The van der Waals surface area contributed by atoms with Crippen LogP contribution in [0, 0.1) is 0 Å². The number of carbonyl (C=O) groups excluding carboxylic acids is 2. The highest BCUT2D eigenvalue weighted by atomic mass is 32.1. The van der Waals surface area contributed by atoms with Crippen LogP contribution >= 0.6 is 11.3 Å². The summed E-state index contributed by atoms with van der Waals surface area (Å²) in [4.78, 5) is 43.2. The van der Waals surface area contributed by atoms with Crippen LogP contribution in [-0.4, -0.2) is 21.3 Å². The summed E-state index contributed by atoms with van der Waals surface area (Å²) in [6.45, 7) is 1.84. The molecular weight excluding hydrogens is 402 g/mol. The first kappa shape index (κ1) is 20.3. The van der Waals surface area contributed by atoms with Crippen molar-refractivity contribution in [3.63, 3.8) is 0 Å². The van der Waals surface area contributed by atoms with Gasteiger partial charge in [-0.25, -0.2) is 9.78 Å². The van der Waals surface area contributed by atoms with E-state index in [4.69, 9.17) is 4.74 Å². The monoisotopic (exact) mass is 425 g/mol. The molecule has 0 spiro atoms. The Morgan fingerprint density at radius 2 is 2.07 bits per heavy atom. The molecule has 0 unspecified atom stereocenters. The second-order valence-corrected chi connectivity index (χ2v) is 8.40. The summed E-state index contributed by atoms with van der Waals surface area (Å²) in [6, 6.07) is 8.04. The first-order chi connectivity index (χ1) is 14.5. The number of benzene rings is 1. The van der Waals surface area contributed by atoms with E-state index in [1.165, 1.54) is 10.9 Å². The van der Waals surface area contributed by atoms with Crippen LogP contribution in [0.2, 0.25) is 0 Å². The van der Waals surface area contributed by atoms with Crippen molar-refractivity contribution in [2.24, 2.45) is 0 Å². The van der Waals surface area contributed by atoms with E-state index in [1.54, 1.807) is 40.0 Å². The third kappa shape index (κ3) is 4.28. The van der Waals surface area contributed by atoms with Crippen LogP contribution in [0.3, 0.4) is 0 Å². The predicted molar refractivity (Wildman–Crippen MR) is 115 cm³/mol. The van der Waals surface area contributed by atoms with Gasteiger partial charge in [0.2, 0.25) is 5.91 Å². The van der Waals surface area contributed by atoms with E-state index in [2.05, 4.69) is 10.3 Å². The normalized spacial score (nSPS) is 13.1. The first-order valence-electron chi connectivity index (χ1n) is 10.2. The minimum absolute atomic E-state index is 0.0838. The van der Waals surface area contributed by atoms with Gasteiger partial charge in [0.25, 0.3) is 5.56 Å². The van der Waals surface area contributed by atoms with Crippen LogP contribution in [0.15, 0.2) is 35.1 Å². The number of anilines is 1. The number of aryl methyl sites for hydroxylation is 2. The molecule has 0 radical (unpaired) electrons. The van der Waals surface area contributed by atoms with E-state index < -0.39 is 5.97 Å². The van der Waals surface area contributed by atoms with Crippen LogP contribution in [-0.2, 0) is 29.0 Å². The number of hydrogen-bond donors (Lipinski definition) is 1. The number of esters is 1. The van der Waals surface area contributed by atoms with Crippen molar-refractivity contribution < 1.29 is 14.3 Å². The minimum Gasteiger partial charge on any atom is -0.456 e. The largest absolute Gasteiger partial charge is 0.456 e. The van der Waals surface area contributed by atoms with Crippen molar-refractivity contribution in [1.82, 2.24) is 9.38 Å². The Hall–Kier alpha value is -3.00. The van der Waals surface area contributed by atoms with Gasteiger partial charge < -0.3 is 10.1 Å². The molecule has 2 heterocycles. The summed E-state index contributed by atoms with van der Waals surface area (Å²) in [6.07, 6.45) is 5.27. The highest BCUT2D eigenvalue weighted by Crippen LogP contribution is 2.28. The van der Waals surface area contributed by atoms with Crippen molar-refractivity contribution in [3.05, 3.63) is 62.5 Å². The zero-order valence-corrected chi connectivity index (χ0v) is 17.6. The van der Waals surface area contributed by atoms with Gasteiger partial charge in [-0.15, -0.1) is 11.3 Å². The molecule has 7 nitrogen and oxygen atoms in total. The Bertz CT molecular complexity index is 1160. The summed E-state index contributed by atoms with van der Waals surface area (Å²) in [5.41, 5.74) is 2.24. The Morgan fingerprint density at radius 1 is 1.23 bits per heavy atom. The molecule has 30 heavy (non-hydrogen) atoms. The zero-order chi connectivity index (χ0) is 21.1. The number of amides is 1. The van der Waals surface area contributed by atoms with Crippen LogP contribution < -0.4 is 10.9 Å². The van der Waals surface area contributed by atoms with E-state index in [0.717, 1.165) is 37.8 Å². The average molecular weight is 426 g/mol. The fraction of sp³-hybridized carbons (Fsp3) is 0.364. The summed E-state index contributed by atoms with van der Waals surface area (Å²) in [5, 5.41) is 2.76. The molecule has 1 aromatic carbocycles. The lowest BCUT2D eigenvalue weighted by Gasteiger charge is -2.10. The number of fused-ring (bicyclic) bond motifs is 3. The van der Waals surface area contributed by atoms with Gasteiger partial charge in [0.1, 0.15) is 6.61 Å². The lowest BCUT2D eigenvalue weighted by Crippen LogP contribution is -2.18. The maximum Gasteiger partial charge on any atom is 0.338 e. The van der Waals surface area contributed by atoms with Gasteiger partial charge in [-0.05, 0) is 50.3 Å². The van der Waals surface area contributed by atoms with Crippen molar-refractivity contribution in [3.8, 4) is 0 Å². The predicted octanol–water partition coefficient (Wildman–Crippen LogP) is 3.73. The fourth-order valence-corrected chi connectivity index (χ4v) is 4.85. The Kier molecular flexibility index (Phi) is 5.94. The number of nitrogens with zero attached hydrogens (tertiary/aromatic N) is 2. The lowest BCUT2D eigenvalue weighted by atomic mass is 10.0. The van der Waals surface area contributed by atoms with Crippen LogP contribution in [0.1, 0.15) is 59.2 Å². The number of hydrogen-bond acceptors (Lipinski definition) is 6. The average Bonchev–Trinajstić information content (AvgIpc) is 3.11. The van der Waals surface area contributed by atoms with E-state index in [0.29, 0.717) is 28.3 Å². The topological polar surface area (TPSA) is 89.8 Å². The fourth-order valence-electron chi connectivity index (χ4n) is 3.61. The van der Waals surface area contributed by atoms with Gasteiger partial charge in [0.05, 0.1) is 11.3 Å². The molecule has 1 N–H and O–H groups in total. The molecule has 1 amide bonds. The number of ether oxygens (including phenoxy) is 1. The van der Waals surface area contributed by atoms with Gasteiger partial charge in [-0.2, -0.15) is 0 Å². The molecule has 0 bridgehead atoms. The molecule has 2 aromatic heterocycles. The standard InChI is InChI=1S/C22H23N3O4S/c1-2-6-19(26)23-15-8-5-7-14(11-15)21(28)29-13-16-12-20(27)25-17-9-3-4-10-18(17)30-22(25)24-16/h5,7-8,11-12H,2-4,6,9-10,13H2,1H3,(H,23,26). The molecule has 3 aromatic rings. The highest BCUT2D eigenvalue weighted by Gasteiger charge is 2.19. The van der Waals surface area contributed by atoms with Gasteiger partial charge >= 0.3 is 5.97 Å². The highest BCUT2D eigenvalue weighted by molar-refractivity contribution is 7.17. The smallest absolute Gasteiger partial charge is 0.338 e. The lowest BCUT2D eigenvalue weighted by molar-refractivity contribution is -0.116. The zero-order valence-electron chi connectivity index (χ0n) is 16.8. The number of rotatable bonds is 6. The van der Waals surface area contributed by atoms with Crippen molar-refractivity contribution >= 4 is 33.9 Å². The Morgan fingerprint density at radius 3 is 2.90 bits per heavy atom. The van der Waals surface area contributed by atoms with E-state index in [-0.39, 0.29) is 18.1 Å². The third-order valence-electron chi connectivity index (χ3n) is 5.02. The quantitative estimate of drug-likeness (QED) is 0.608. The summed E-state index contributed by atoms with van der Waals surface area (Å²) < 4.78 is 7.06. The van der Waals surface area contributed by atoms with E-state index >= 15 is 0 Å². The second-order valence-electron chi connectivity index (χ2n) is 7.34. The molecule has 4 rings (SSSR count). The molecule has 1 aliphatic rings. The van der Waals surface area contributed by atoms with Crippen molar-refractivity contribution in [1.29, 1.82) is 0 Å². The molecule has 156 valence electrons. The van der Waals surface area contributed by atoms with Gasteiger partial charge in [0.15, 0.2) is 4.96 Å². The number of nitrogens with one attached hydrogen (secondary N) is 1. The maximum atomic E-state index is 12.6. The number of aromatic nitrogens is 2. The van der Waals surface area contributed by atoms with Crippen LogP contribution in [0.25, 0.3) is 4.96 Å². The first-order valence-corrected chi connectivity index (χ1v) is 11.0. The van der Waals surface area contributed by atoms with Crippen LogP contribution in [0.5, 0.6) is 0 Å². The Labute approximate surface area is 177 Å². The maximum absolute atomic E-state index is 12.6. The number of carbonyl (C=O) groups is 2. The molecule has 1 aliphatic carbocycles. The summed E-state index contributed by atoms with van der Waals surface area (Å²) in [5.74, 6) is -0.631. The molecular formula is C22H23N3O4S. The van der Waals surface area contributed by atoms with Gasteiger partial charge in [-0.1, -0.05) is 13.0 Å². The molecule has 8 heteroatoms. The third-order valence-corrected chi connectivity index (χ3v) is 6.17. The van der Waals surface area contributed by atoms with E-state index in [9.17, 15) is 14.4 Å². The Balaban J connectivity index is 1.47. The molecule has 0 fully saturated rings. The van der Waals surface area contributed by atoms with Gasteiger partial charge in [-0.3, -0.25) is 14.0 Å². The second kappa shape index (κ2) is 8.79. The molecule has 0 saturated heterocycles. The summed E-state index contributed by atoms with van der Waals surface area (Å²) >= 11 is 1.54. The van der Waals surface area contributed by atoms with Crippen LogP contribution in [0.4, 0.5) is 5.69 Å².